The first-order chi connectivity index (χ1) is 14.8. The van der Waals surface area contributed by atoms with Crippen LogP contribution in [-0.2, 0) is 11.3 Å². The highest BCUT2D eigenvalue weighted by Gasteiger charge is 2.38. The van der Waals surface area contributed by atoms with Gasteiger partial charge >= 0.3 is 6.03 Å². The van der Waals surface area contributed by atoms with Gasteiger partial charge in [0.1, 0.15) is 11.5 Å². The number of amides is 3. The topological polar surface area (TPSA) is 79.9 Å². The molecule has 2 aromatic rings. The Balaban J connectivity index is 1.54. The molecule has 2 aromatic carbocycles. The number of piperidine rings is 1. The highest BCUT2D eigenvalue weighted by molar-refractivity contribution is 6.31. The summed E-state index contributed by atoms with van der Waals surface area (Å²) in [6.07, 6.45) is 1.16. The van der Waals surface area contributed by atoms with Crippen LogP contribution in [0.5, 0.6) is 11.5 Å². The van der Waals surface area contributed by atoms with Crippen molar-refractivity contribution in [1.82, 2.24) is 10.2 Å². The molecule has 2 N–H and O–H groups in total. The molecule has 1 aliphatic rings. The number of likely N-dealkylation sites (tertiary alicyclic amines) is 1. The van der Waals surface area contributed by atoms with Crippen molar-refractivity contribution in [3.8, 4) is 11.5 Å². The van der Waals surface area contributed by atoms with Gasteiger partial charge in [-0.2, -0.15) is 0 Å². The molecule has 1 heterocycles. The molecule has 0 bridgehead atoms. The van der Waals surface area contributed by atoms with Gasteiger partial charge in [0, 0.05) is 30.1 Å². The van der Waals surface area contributed by atoms with E-state index in [2.05, 4.69) is 10.6 Å². The Bertz CT molecular complexity index is 942. The number of methoxy groups -OCH3 is 2. The molecule has 0 saturated carbocycles. The molecule has 0 atom stereocenters. The molecule has 1 fully saturated rings. The van der Waals surface area contributed by atoms with Crippen LogP contribution in [0.25, 0.3) is 0 Å². The standard InChI is InChI=1S/C23H28ClN3O4/c1-23(21(28)25-15-16-5-4-6-18(13-16)30-2)9-11-27(12-10-23)22(29)26-19-14-17(24)7-8-20(19)31-3/h4-8,13-14H,9-12,15H2,1-3H3,(H,25,28)(H,26,29). The molecule has 166 valence electrons. The summed E-state index contributed by atoms with van der Waals surface area (Å²) in [5, 5.41) is 6.38. The number of rotatable bonds is 6. The molecule has 1 saturated heterocycles. The number of carbonyl (C=O) groups is 2. The fourth-order valence-electron chi connectivity index (χ4n) is 3.58. The van der Waals surface area contributed by atoms with Crippen LogP contribution in [0, 0.1) is 5.41 Å². The van der Waals surface area contributed by atoms with E-state index in [1.54, 1.807) is 30.2 Å². The molecular formula is C23H28ClN3O4. The minimum atomic E-state index is -0.524. The lowest BCUT2D eigenvalue weighted by molar-refractivity contribution is -0.132. The number of carbonyl (C=O) groups excluding carboxylic acids is 2. The Kier molecular flexibility index (Phi) is 7.28. The van der Waals surface area contributed by atoms with Gasteiger partial charge in [0.15, 0.2) is 0 Å². The normalized spacial score (nSPS) is 15.2. The molecule has 3 amide bonds. The molecule has 0 unspecified atom stereocenters. The summed E-state index contributed by atoms with van der Waals surface area (Å²) in [6.45, 7) is 3.35. The fourth-order valence-corrected chi connectivity index (χ4v) is 3.75. The number of nitrogens with one attached hydrogen (secondary N) is 2. The zero-order valence-electron chi connectivity index (χ0n) is 18.0. The third kappa shape index (κ3) is 5.61. The van der Waals surface area contributed by atoms with E-state index in [0.717, 1.165) is 11.3 Å². The van der Waals surface area contributed by atoms with Crippen LogP contribution < -0.4 is 20.1 Å². The van der Waals surface area contributed by atoms with Gasteiger partial charge in [-0.1, -0.05) is 30.7 Å². The summed E-state index contributed by atoms with van der Waals surface area (Å²) in [5.41, 5.74) is 0.969. The molecule has 0 radical (unpaired) electrons. The molecule has 3 rings (SSSR count). The average Bonchev–Trinajstić information content (AvgIpc) is 2.78. The van der Waals surface area contributed by atoms with E-state index in [9.17, 15) is 9.59 Å². The number of nitrogens with zero attached hydrogens (tertiary/aromatic N) is 1. The van der Waals surface area contributed by atoms with Crippen molar-refractivity contribution in [3.63, 3.8) is 0 Å². The van der Waals surface area contributed by atoms with Gasteiger partial charge in [-0.05, 0) is 48.7 Å². The van der Waals surface area contributed by atoms with Crippen LogP contribution >= 0.6 is 11.6 Å². The number of hydrogen-bond donors (Lipinski definition) is 2. The SMILES string of the molecule is COc1cccc(CNC(=O)C2(C)CCN(C(=O)Nc3cc(Cl)ccc3OC)CC2)c1. The third-order valence-electron chi connectivity index (χ3n) is 5.69. The average molecular weight is 446 g/mol. The quantitative estimate of drug-likeness (QED) is 0.694. The molecule has 0 spiro atoms. The maximum atomic E-state index is 12.8. The van der Waals surface area contributed by atoms with E-state index in [1.807, 2.05) is 31.2 Å². The van der Waals surface area contributed by atoms with Crippen LogP contribution in [-0.4, -0.2) is 44.1 Å². The fraction of sp³-hybridized carbons (Fsp3) is 0.391. The minimum absolute atomic E-state index is 0.00751. The van der Waals surface area contributed by atoms with Crippen molar-refractivity contribution in [2.45, 2.75) is 26.3 Å². The first-order valence-electron chi connectivity index (χ1n) is 10.2. The molecule has 0 aliphatic carbocycles. The zero-order valence-corrected chi connectivity index (χ0v) is 18.8. The maximum Gasteiger partial charge on any atom is 0.321 e. The summed E-state index contributed by atoms with van der Waals surface area (Å²) in [7, 11) is 3.15. The number of halogens is 1. The zero-order chi connectivity index (χ0) is 22.4. The predicted octanol–water partition coefficient (Wildman–Crippen LogP) is 4.31. The van der Waals surface area contributed by atoms with Crippen LogP contribution in [0.15, 0.2) is 42.5 Å². The minimum Gasteiger partial charge on any atom is -0.497 e. The van der Waals surface area contributed by atoms with E-state index in [0.29, 0.717) is 48.9 Å². The van der Waals surface area contributed by atoms with E-state index >= 15 is 0 Å². The third-order valence-corrected chi connectivity index (χ3v) is 5.93. The maximum absolute atomic E-state index is 12.8. The monoisotopic (exact) mass is 445 g/mol. The summed E-state index contributed by atoms with van der Waals surface area (Å²) < 4.78 is 10.5. The van der Waals surface area contributed by atoms with Crippen LogP contribution in [0.2, 0.25) is 5.02 Å². The van der Waals surface area contributed by atoms with Crippen molar-refractivity contribution in [2.24, 2.45) is 5.41 Å². The molecule has 31 heavy (non-hydrogen) atoms. The second-order valence-electron chi connectivity index (χ2n) is 7.86. The first-order valence-corrected chi connectivity index (χ1v) is 10.5. The highest BCUT2D eigenvalue weighted by Crippen LogP contribution is 2.33. The van der Waals surface area contributed by atoms with Gasteiger partial charge in [-0.15, -0.1) is 0 Å². The Morgan fingerprint density at radius 1 is 1.10 bits per heavy atom. The summed E-state index contributed by atoms with van der Waals surface area (Å²) in [4.78, 5) is 27.3. The number of anilines is 1. The lowest BCUT2D eigenvalue weighted by Crippen LogP contribution is -2.49. The van der Waals surface area contributed by atoms with Crippen LogP contribution in [0.3, 0.4) is 0 Å². The summed E-state index contributed by atoms with van der Waals surface area (Å²) in [6, 6.07) is 12.4. The number of ether oxygens (including phenoxy) is 2. The molecule has 0 aromatic heterocycles. The molecule has 1 aliphatic heterocycles. The first kappa shape index (κ1) is 22.7. The van der Waals surface area contributed by atoms with Gasteiger partial charge in [0.25, 0.3) is 0 Å². The lowest BCUT2D eigenvalue weighted by Gasteiger charge is -2.38. The van der Waals surface area contributed by atoms with Gasteiger partial charge in [-0.3, -0.25) is 4.79 Å². The molecule has 8 heteroatoms. The van der Waals surface area contributed by atoms with Gasteiger partial charge < -0.3 is 25.0 Å². The Hall–Kier alpha value is -2.93. The Labute approximate surface area is 187 Å². The number of benzene rings is 2. The van der Waals surface area contributed by atoms with Crippen LogP contribution in [0.1, 0.15) is 25.3 Å². The highest BCUT2D eigenvalue weighted by atomic mass is 35.5. The molecule has 7 nitrogen and oxygen atoms in total. The van der Waals surface area contributed by atoms with Gasteiger partial charge in [-0.25, -0.2) is 4.79 Å². The second-order valence-corrected chi connectivity index (χ2v) is 8.29. The van der Waals surface area contributed by atoms with E-state index < -0.39 is 5.41 Å². The van der Waals surface area contributed by atoms with E-state index in [4.69, 9.17) is 21.1 Å². The summed E-state index contributed by atoms with van der Waals surface area (Å²) >= 11 is 6.03. The second kappa shape index (κ2) is 9.92. The largest absolute Gasteiger partial charge is 0.497 e. The van der Waals surface area contributed by atoms with Crippen molar-refractivity contribution in [3.05, 3.63) is 53.1 Å². The van der Waals surface area contributed by atoms with Crippen molar-refractivity contribution < 1.29 is 19.1 Å². The van der Waals surface area contributed by atoms with Gasteiger partial charge in [0.2, 0.25) is 5.91 Å². The smallest absolute Gasteiger partial charge is 0.321 e. The predicted molar refractivity (Wildman–Crippen MR) is 121 cm³/mol. The van der Waals surface area contributed by atoms with Crippen LogP contribution in [0.4, 0.5) is 10.5 Å². The van der Waals surface area contributed by atoms with Gasteiger partial charge in [0.05, 0.1) is 19.9 Å². The van der Waals surface area contributed by atoms with E-state index in [-0.39, 0.29) is 11.9 Å². The molecular weight excluding hydrogens is 418 g/mol. The Morgan fingerprint density at radius 2 is 1.84 bits per heavy atom. The lowest BCUT2D eigenvalue weighted by atomic mass is 9.79. The van der Waals surface area contributed by atoms with Crippen molar-refractivity contribution in [1.29, 1.82) is 0 Å². The Morgan fingerprint density at radius 3 is 2.52 bits per heavy atom. The summed E-state index contributed by atoms with van der Waals surface area (Å²) in [5.74, 6) is 1.29. The van der Waals surface area contributed by atoms with Crippen molar-refractivity contribution >= 4 is 29.2 Å². The number of urea groups is 1. The number of hydrogen-bond acceptors (Lipinski definition) is 4. The van der Waals surface area contributed by atoms with E-state index in [1.165, 1.54) is 7.11 Å². The van der Waals surface area contributed by atoms with Crippen molar-refractivity contribution in [2.75, 3.05) is 32.6 Å².